The quantitative estimate of drug-likeness (QED) is 0.508. The first-order valence-electron chi connectivity index (χ1n) is 8.79. The highest BCUT2D eigenvalue weighted by molar-refractivity contribution is 9.10. The minimum absolute atomic E-state index is 0.114. The topological polar surface area (TPSA) is 50.8 Å². The van der Waals surface area contributed by atoms with Gasteiger partial charge in [-0.05, 0) is 42.7 Å². The summed E-state index contributed by atoms with van der Waals surface area (Å²) in [6.45, 7) is 2.90. The van der Waals surface area contributed by atoms with Gasteiger partial charge in [0.2, 0.25) is 0 Å². The molecule has 1 aliphatic heterocycles. The minimum Gasteiger partial charge on any atom is -0.341 e. The third-order valence-electron chi connectivity index (χ3n) is 4.29. The predicted octanol–water partition coefficient (Wildman–Crippen LogP) is 6.24. The number of allylic oxidation sites excluding steroid dienone is 4. The van der Waals surface area contributed by atoms with Gasteiger partial charge in [-0.3, -0.25) is 0 Å². The summed E-state index contributed by atoms with van der Waals surface area (Å²) in [5.74, 6) is 0. The molecule has 0 bridgehead atoms. The van der Waals surface area contributed by atoms with E-state index in [4.69, 9.17) is 0 Å². The Morgan fingerprint density at radius 1 is 1.07 bits per heavy atom. The van der Waals surface area contributed by atoms with Crippen LogP contribution in [0.2, 0.25) is 0 Å². The molecule has 138 valence electrons. The Bertz CT molecular complexity index is 1010. The molecule has 0 unspecified atom stereocenters. The molecule has 1 aliphatic rings. The van der Waals surface area contributed by atoms with E-state index in [9.17, 15) is 10.5 Å². The van der Waals surface area contributed by atoms with Gasteiger partial charge in [0.05, 0.1) is 5.03 Å². The van der Waals surface area contributed by atoms with Crippen molar-refractivity contribution in [1.82, 2.24) is 4.90 Å². The summed E-state index contributed by atoms with van der Waals surface area (Å²) >= 11 is 5.09. The third-order valence-corrected chi connectivity index (χ3v) is 5.80. The van der Waals surface area contributed by atoms with Gasteiger partial charge in [0, 0.05) is 27.7 Å². The van der Waals surface area contributed by atoms with Crippen LogP contribution in [-0.2, 0) is 6.42 Å². The number of nitriles is 2. The largest absolute Gasteiger partial charge is 0.341 e. The highest BCUT2D eigenvalue weighted by Gasteiger charge is 2.19. The monoisotopic (exact) mass is 447 g/mol. The average molecular weight is 448 g/mol. The molecule has 0 spiro atoms. The van der Waals surface area contributed by atoms with Crippen LogP contribution >= 0.6 is 27.7 Å². The molecule has 1 heterocycles. The highest BCUT2D eigenvalue weighted by Crippen LogP contribution is 2.38. The van der Waals surface area contributed by atoms with Crippen molar-refractivity contribution in [1.29, 1.82) is 10.5 Å². The van der Waals surface area contributed by atoms with Crippen molar-refractivity contribution in [2.24, 2.45) is 0 Å². The second-order valence-electron chi connectivity index (χ2n) is 6.27. The van der Waals surface area contributed by atoms with Crippen LogP contribution in [0.3, 0.4) is 0 Å². The number of benzene rings is 2. The van der Waals surface area contributed by atoms with Crippen LogP contribution in [0.25, 0.3) is 5.57 Å². The molecule has 0 amide bonds. The first kappa shape index (κ1) is 20.0. The van der Waals surface area contributed by atoms with E-state index < -0.39 is 0 Å². The molecule has 0 saturated carbocycles. The maximum absolute atomic E-state index is 9.45. The summed E-state index contributed by atoms with van der Waals surface area (Å²) in [7, 11) is 0. The Hall–Kier alpha value is -2.73. The van der Waals surface area contributed by atoms with E-state index in [2.05, 4.69) is 46.1 Å². The molecular formula is C23H18BrN3S. The molecule has 3 nitrogen and oxygen atoms in total. The number of hydrogen-bond donors (Lipinski definition) is 0. The Labute approximate surface area is 178 Å². The van der Waals surface area contributed by atoms with Crippen LogP contribution in [0.1, 0.15) is 18.1 Å². The summed E-state index contributed by atoms with van der Waals surface area (Å²) < 4.78 is 0.955. The van der Waals surface area contributed by atoms with E-state index in [0.717, 1.165) is 28.0 Å². The van der Waals surface area contributed by atoms with E-state index in [-0.39, 0.29) is 5.57 Å². The van der Waals surface area contributed by atoms with Crippen molar-refractivity contribution >= 4 is 33.3 Å². The Kier molecular flexibility index (Phi) is 6.76. The van der Waals surface area contributed by atoms with Crippen molar-refractivity contribution in [3.63, 3.8) is 0 Å². The van der Waals surface area contributed by atoms with Gasteiger partial charge in [-0.15, -0.1) is 0 Å². The standard InChI is InChI=1S/C23H18BrN3S/c1-17-16-27(12-11-18-5-3-2-4-6-18)23(28-17)13-22(20(14-25)15-26)19-7-9-21(24)10-8-19/h2-10,13,16H,11-12H2,1H3/b23-13-. The number of rotatable bonds is 5. The predicted molar refractivity (Wildman–Crippen MR) is 119 cm³/mol. The van der Waals surface area contributed by atoms with Crippen LogP contribution in [0.15, 0.2) is 86.9 Å². The van der Waals surface area contributed by atoms with Gasteiger partial charge in [0.1, 0.15) is 17.7 Å². The Morgan fingerprint density at radius 2 is 1.75 bits per heavy atom. The number of hydrogen-bond acceptors (Lipinski definition) is 4. The van der Waals surface area contributed by atoms with E-state index in [0.29, 0.717) is 5.57 Å². The van der Waals surface area contributed by atoms with Crippen molar-refractivity contribution in [2.75, 3.05) is 6.54 Å². The van der Waals surface area contributed by atoms with E-state index in [1.165, 1.54) is 10.5 Å². The molecule has 5 heteroatoms. The molecule has 0 atom stereocenters. The van der Waals surface area contributed by atoms with Crippen molar-refractivity contribution in [2.45, 2.75) is 13.3 Å². The Morgan fingerprint density at radius 3 is 2.39 bits per heavy atom. The second kappa shape index (κ2) is 9.46. The second-order valence-corrected chi connectivity index (χ2v) is 8.45. The fourth-order valence-electron chi connectivity index (χ4n) is 2.91. The summed E-state index contributed by atoms with van der Waals surface area (Å²) in [4.78, 5) is 3.38. The van der Waals surface area contributed by atoms with E-state index >= 15 is 0 Å². The first-order chi connectivity index (χ1) is 13.6. The van der Waals surface area contributed by atoms with Crippen molar-refractivity contribution < 1.29 is 0 Å². The van der Waals surface area contributed by atoms with E-state index in [1.54, 1.807) is 11.8 Å². The highest BCUT2D eigenvalue weighted by atomic mass is 79.9. The van der Waals surface area contributed by atoms with Gasteiger partial charge in [0.15, 0.2) is 0 Å². The number of nitrogens with zero attached hydrogens (tertiary/aromatic N) is 3. The molecule has 0 radical (unpaired) electrons. The molecule has 0 aliphatic carbocycles. The molecular weight excluding hydrogens is 430 g/mol. The molecule has 2 aromatic carbocycles. The molecule has 0 N–H and O–H groups in total. The van der Waals surface area contributed by atoms with Gasteiger partial charge < -0.3 is 4.90 Å². The molecule has 0 aromatic heterocycles. The normalized spacial score (nSPS) is 14.4. The molecule has 0 fully saturated rings. The smallest absolute Gasteiger partial charge is 0.137 e. The minimum atomic E-state index is 0.114. The number of thioether (sulfide) groups is 1. The lowest BCUT2D eigenvalue weighted by atomic mass is 10.0. The zero-order valence-corrected chi connectivity index (χ0v) is 17.8. The maximum Gasteiger partial charge on any atom is 0.137 e. The van der Waals surface area contributed by atoms with Crippen molar-refractivity contribution in [3.8, 4) is 12.1 Å². The SMILES string of the molecule is CC1=CN(CCc2ccccc2)/C(=C/C(=C(C#N)C#N)c2ccc(Br)cc2)S1. The van der Waals surface area contributed by atoms with Crippen LogP contribution in [0.4, 0.5) is 0 Å². The van der Waals surface area contributed by atoms with Crippen LogP contribution < -0.4 is 0 Å². The fourth-order valence-corrected chi connectivity index (χ4v) is 4.12. The zero-order chi connectivity index (χ0) is 19.9. The molecule has 0 saturated heterocycles. The van der Waals surface area contributed by atoms with E-state index in [1.807, 2.05) is 60.7 Å². The summed E-state index contributed by atoms with van der Waals surface area (Å²) in [6, 6.07) is 22.1. The third kappa shape index (κ3) is 4.95. The van der Waals surface area contributed by atoms with Crippen molar-refractivity contribution in [3.05, 3.63) is 98.0 Å². The number of halogens is 1. The van der Waals surface area contributed by atoms with Crippen LogP contribution in [0.5, 0.6) is 0 Å². The lowest BCUT2D eigenvalue weighted by Crippen LogP contribution is -2.15. The van der Waals surface area contributed by atoms with Gasteiger partial charge in [-0.2, -0.15) is 10.5 Å². The van der Waals surface area contributed by atoms with Crippen LogP contribution in [-0.4, -0.2) is 11.4 Å². The summed E-state index contributed by atoms with van der Waals surface area (Å²) in [6.07, 6.45) is 4.99. The van der Waals surface area contributed by atoms with Gasteiger partial charge in [0.25, 0.3) is 0 Å². The fraction of sp³-hybridized carbons (Fsp3) is 0.130. The lowest BCUT2D eigenvalue weighted by molar-refractivity contribution is 0.503. The molecule has 3 rings (SSSR count). The average Bonchev–Trinajstić information content (AvgIpc) is 3.07. The zero-order valence-electron chi connectivity index (χ0n) is 15.4. The maximum atomic E-state index is 9.45. The summed E-state index contributed by atoms with van der Waals surface area (Å²) in [5, 5.41) is 19.9. The molecule has 28 heavy (non-hydrogen) atoms. The van der Waals surface area contributed by atoms with Gasteiger partial charge >= 0.3 is 0 Å². The first-order valence-corrected chi connectivity index (χ1v) is 10.4. The van der Waals surface area contributed by atoms with Gasteiger partial charge in [-0.25, -0.2) is 0 Å². The van der Waals surface area contributed by atoms with Crippen LogP contribution in [0, 0.1) is 22.7 Å². The summed E-state index contributed by atoms with van der Waals surface area (Å²) in [5.41, 5.74) is 2.89. The van der Waals surface area contributed by atoms with Gasteiger partial charge in [-0.1, -0.05) is 70.2 Å². The lowest BCUT2D eigenvalue weighted by Gasteiger charge is -2.18. The Balaban J connectivity index is 1.92. The molecule has 2 aromatic rings.